The van der Waals surface area contributed by atoms with Crippen LogP contribution in [0.15, 0.2) is 4.52 Å². The lowest BCUT2D eigenvalue weighted by atomic mass is 10.2. The van der Waals surface area contributed by atoms with E-state index in [0.29, 0.717) is 0 Å². The number of alkyl carbamates (subject to hydrolysis) is 1. The van der Waals surface area contributed by atoms with E-state index in [2.05, 4.69) is 20.0 Å². The Bertz CT molecular complexity index is 421. The molecule has 94 valence electrons. The first-order valence-corrected chi connectivity index (χ1v) is 4.80. The van der Waals surface area contributed by atoms with E-state index in [1.807, 2.05) is 0 Å². The van der Waals surface area contributed by atoms with Crippen LogP contribution in [0.4, 0.5) is 4.79 Å². The van der Waals surface area contributed by atoms with Crippen LogP contribution in [-0.2, 0) is 11.3 Å². The van der Waals surface area contributed by atoms with E-state index < -0.39 is 23.6 Å². The van der Waals surface area contributed by atoms with Crippen molar-refractivity contribution in [2.24, 2.45) is 0 Å². The van der Waals surface area contributed by atoms with Gasteiger partial charge in [-0.05, 0) is 20.8 Å². The summed E-state index contributed by atoms with van der Waals surface area (Å²) in [6.07, 6.45) is -0.640. The van der Waals surface area contributed by atoms with Crippen molar-refractivity contribution in [2.75, 3.05) is 0 Å². The number of carbonyl (C=O) groups is 2. The maximum Gasteiger partial charge on any atom is 0.408 e. The van der Waals surface area contributed by atoms with E-state index in [1.165, 1.54) is 0 Å². The third-order valence-electron chi connectivity index (χ3n) is 1.44. The summed E-state index contributed by atoms with van der Waals surface area (Å²) in [6.45, 7) is 5.11. The molecule has 0 radical (unpaired) electrons. The first kappa shape index (κ1) is 12.9. The van der Waals surface area contributed by atoms with Crippen LogP contribution >= 0.6 is 0 Å². The molecule has 0 atom stereocenters. The SMILES string of the molecule is CC(C)(C)OC(=O)NCc1noc(C(=O)O)n1. The predicted molar refractivity (Wildman–Crippen MR) is 54.3 cm³/mol. The monoisotopic (exact) mass is 243 g/mol. The van der Waals surface area contributed by atoms with E-state index in [-0.39, 0.29) is 12.4 Å². The highest BCUT2D eigenvalue weighted by atomic mass is 16.6. The molecule has 0 bridgehead atoms. The first-order valence-electron chi connectivity index (χ1n) is 4.80. The van der Waals surface area contributed by atoms with Gasteiger partial charge in [-0.2, -0.15) is 4.98 Å². The summed E-state index contributed by atoms with van der Waals surface area (Å²) in [6, 6.07) is 0. The molecule has 8 heteroatoms. The summed E-state index contributed by atoms with van der Waals surface area (Å²) in [4.78, 5) is 25.2. The molecule has 0 aliphatic rings. The van der Waals surface area contributed by atoms with Gasteiger partial charge in [0.25, 0.3) is 0 Å². The van der Waals surface area contributed by atoms with Crippen molar-refractivity contribution >= 4 is 12.1 Å². The molecule has 0 unspecified atom stereocenters. The quantitative estimate of drug-likeness (QED) is 0.806. The number of carboxylic acids is 1. The maximum absolute atomic E-state index is 11.2. The van der Waals surface area contributed by atoms with Gasteiger partial charge in [0, 0.05) is 0 Å². The zero-order valence-corrected chi connectivity index (χ0v) is 9.68. The molecule has 17 heavy (non-hydrogen) atoms. The Balaban J connectivity index is 2.45. The van der Waals surface area contributed by atoms with Gasteiger partial charge in [0.15, 0.2) is 5.82 Å². The molecule has 0 spiro atoms. The molecule has 1 heterocycles. The largest absolute Gasteiger partial charge is 0.474 e. The van der Waals surface area contributed by atoms with Gasteiger partial charge in [-0.15, -0.1) is 0 Å². The number of aromatic nitrogens is 2. The average Bonchev–Trinajstić information content (AvgIpc) is 2.60. The third kappa shape index (κ3) is 4.49. The second-order valence-electron chi connectivity index (χ2n) is 4.18. The highest BCUT2D eigenvalue weighted by molar-refractivity contribution is 5.81. The Morgan fingerprint density at radius 1 is 1.47 bits per heavy atom. The van der Waals surface area contributed by atoms with E-state index in [0.717, 1.165) is 0 Å². The fourth-order valence-corrected chi connectivity index (χ4v) is 0.878. The van der Waals surface area contributed by atoms with Gasteiger partial charge in [0.05, 0.1) is 6.54 Å². The van der Waals surface area contributed by atoms with E-state index in [1.54, 1.807) is 20.8 Å². The number of nitrogens with one attached hydrogen (secondary N) is 1. The van der Waals surface area contributed by atoms with E-state index in [9.17, 15) is 9.59 Å². The van der Waals surface area contributed by atoms with Crippen molar-refractivity contribution in [2.45, 2.75) is 32.9 Å². The van der Waals surface area contributed by atoms with Gasteiger partial charge in [0.2, 0.25) is 0 Å². The lowest BCUT2D eigenvalue weighted by molar-refractivity contribution is 0.0521. The Labute approximate surface area is 97.0 Å². The van der Waals surface area contributed by atoms with Crippen molar-refractivity contribution in [1.29, 1.82) is 0 Å². The zero-order valence-electron chi connectivity index (χ0n) is 9.68. The molecule has 0 aliphatic heterocycles. The Kier molecular flexibility index (Phi) is 3.66. The smallest absolute Gasteiger partial charge is 0.408 e. The van der Waals surface area contributed by atoms with Crippen molar-refractivity contribution in [1.82, 2.24) is 15.5 Å². The second-order valence-corrected chi connectivity index (χ2v) is 4.18. The molecule has 2 N–H and O–H groups in total. The molecule has 0 aliphatic carbocycles. The summed E-state index contributed by atoms with van der Waals surface area (Å²) >= 11 is 0. The van der Waals surface area contributed by atoms with Gasteiger partial charge < -0.3 is 19.7 Å². The average molecular weight is 243 g/mol. The van der Waals surface area contributed by atoms with Gasteiger partial charge in [-0.1, -0.05) is 5.16 Å². The molecule has 0 aromatic carbocycles. The molecular formula is C9H13N3O5. The standard InChI is InChI=1S/C9H13N3O5/c1-9(2,3)16-8(15)10-4-5-11-6(7(13)14)17-12-5/h4H2,1-3H3,(H,10,15)(H,13,14). The third-order valence-corrected chi connectivity index (χ3v) is 1.44. The molecular weight excluding hydrogens is 230 g/mol. The number of carboxylic acid groups (broad SMARTS) is 1. The predicted octanol–water partition coefficient (Wildman–Crippen LogP) is 0.792. The van der Waals surface area contributed by atoms with Crippen molar-refractivity contribution in [3.8, 4) is 0 Å². The summed E-state index contributed by atoms with van der Waals surface area (Å²) < 4.78 is 9.37. The first-order chi connectivity index (χ1) is 7.78. The van der Waals surface area contributed by atoms with Gasteiger partial charge in [0.1, 0.15) is 5.60 Å². The van der Waals surface area contributed by atoms with Crippen LogP contribution in [0.5, 0.6) is 0 Å². The Morgan fingerprint density at radius 2 is 2.12 bits per heavy atom. The molecule has 1 rings (SSSR count). The number of ether oxygens (including phenoxy) is 1. The van der Waals surface area contributed by atoms with Gasteiger partial charge >= 0.3 is 18.0 Å². The number of amides is 1. The van der Waals surface area contributed by atoms with Gasteiger partial charge in [-0.3, -0.25) is 0 Å². The molecule has 0 saturated carbocycles. The van der Waals surface area contributed by atoms with E-state index >= 15 is 0 Å². The number of hydrogen-bond acceptors (Lipinski definition) is 6. The minimum Gasteiger partial charge on any atom is -0.474 e. The van der Waals surface area contributed by atoms with Gasteiger partial charge in [-0.25, -0.2) is 9.59 Å². The second kappa shape index (κ2) is 4.81. The van der Waals surface area contributed by atoms with E-state index in [4.69, 9.17) is 9.84 Å². The Morgan fingerprint density at radius 3 is 2.59 bits per heavy atom. The highest BCUT2D eigenvalue weighted by Crippen LogP contribution is 2.06. The maximum atomic E-state index is 11.2. The summed E-state index contributed by atoms with van der Waals surface area (Å²) in [5, 5.41) is 14.3. The van der Waals surface area contributed by atoms with Crippen LogP contribution < -0.4 is 5.32 Å². The zero-order chi connectivity index (χ0) is 13.1. The molecule has 0 saturated heterocycles. The molecule has 8 nitrogen and oxygen atoms in total. The summed E-state index contributed by atoms with van der Waals surface area (Å²) in [5.74, 6) is -1.78. The fraction of sp³-hybridized carbons (Fsp3) is 0.556. The highest BCUT2D eigenvalue weighted by Gasteiger charge is 2.17. The Hall–Kier alpha value is -2.12. The van der Waals surface area contributed by atoms with Crippen LogP contribution in [-0.4, -0.2) is 32.9 Å². The number of nitrogens with zero attached hydrogens (tertiary/aromatic N) is 2. The molecule has 1 aromatic rings. The fourth-order valence-electron chi connectivity index (χ4n) is 0.878. The van der Waals surface area contributed by atoms with Crippen LogP contribution in [0.25, 0.3) is 0 Å². The minimum absolute atomic E-state index is 0.0632. The molecule has 0 fully saturated rings. The van der Waals surface area contributed by atoms with Crippen molar-refractivity contribution in [3.63, 3.8) is 0 Å². The topological polar surface area (TPSA) is 115 Å². The summed E-state index contributed by atoms with van der Waals surface area (Å²) in [5.41, 5.74) is -0.604. The molecule has 1 amide bonds. The van der Waals surface area contributed by atoms with Crippen LogP contribution in [0.1, 0.15) is 37.3 Å². The van der Waals surface area contributed by atoms with Crippen LogP contribution in [0.2, 0.25) is 0 Å². The normalized spacial score (nSPS) is 11.0. The number of hydrogen-bond donors (Lipinski definition) is 2. The number of carbonyl (C=O) groups excluding carboxylic acids is 1. The summed E-state index contributed by atoms with van der Waals surface area (Å²) in [7, 11) is 0. The lowest BCUT2D eigenvalue weighted by Crippen LogP contribution is -2.32. The number of aromatic carboxylic acids is 1. The van der Waals surface area contributed by atoms with Crippen LogP contribution in [0.3, 0.4) is 0 Å². The minimum atomic E-state index is -1.32. The van der Waals surface area contributed by atoms with Crippen molar-refractivity contribution in [3.05, 3.63) is 11.7 Å². The van der Waals surface area contributed by atoms with Crippen molar-refractivity contribution < 1.29 is 24.0 Å². The number of rotatable bonds is 3. The lowest BCUT2D eigenvalue weighted by Gasteiger charge is -2.19. The molecule has 1 aromatic heterocycles. The van der Waals surface area contributed by atoms with Crippen LogP contribution in [0, 0.1) is 0 Å².